The fourth-order valence-electron chi connectivity index (χ4n) is 6.50. The highest BCUT2D eigenvalue weighted by molar-refractivity contribution is 6.30. The summed E-state index contributed by atoms with van der Waals surface area (Å²) in [6.07, 6.45) is 10.2. The second-order valence-corrected chi connectivity index (χ2v) is 13.1. The Hall–Kier alpha value is -4.32. The molecule has 9 rings (SSSR count). The molecule has 4 aromatic heterocycles. The molecule has 5 aromatic rings. The zero-order valence-corrected chi connectivity index (χ0v) is 26.2. The largest absolute Gasteiger partial charge is 0.443 e. The van der Waals surface area contributed by atoms with Gasteiger partial charge in [-0.15, -0.1) is 0 Å². The molecule has 1 saturated heterocycles. The van der Waals surface area contributed by atoms with Crippen LogP contribution in [0.5, 0.6) is 11.5 Å². The predicted octanol–water partition coefficient (Wildman–Crippen LogP) is 5.86. The number of halogens is 1. The third-order valence-corrected chi connectivity index (χ3v) is 9.57. The molecule has 2 unspecified atom stereocenters. The van der Waals surface area contributed by atoms with Gasteiger partial charge in [-0.05, 0) is 55.5 Å². The summed E-state index contributed by atoms with van der Waals surface area (Å²) in [5.74, 6) is 3.59. The zero-order valence-electron chi connectivity index (χ0n) is 25.4. The zero-order chi connectivity index (χ0) is 30.8. The van der Waals surface area contributed by atoms with E-state index in [-0.39, 0.29) is 6.10 Å². The normalized spacial score (nSPS) is 22.7. The lowest BCUT2D eigenvalue weighted by Crippen LogP contribution is -2.34. The summed E-state index contributed by atoms with van der Waals surface area (Å²) >= 11 is 6.07. The Balaban J connectivity index is 0.955. The first kappa shape index (κ1) is 27.9. The summed E-state index contributed by atoms with van der Waals surface area (Å²) in [6.45, 7) is 5.83. The van der Waals surface area contributed by atoms with Crippen LogP contribution < -0.4 is 9.47 Å². The number of para-hydroxylation sites is 1. The third-order valence-electron chi connectivity index (χ3n) is 9.35. The number of aromatic nitrogens is 7. The SMILES string of the molecule is CC1(c2ccc(Cl)cn2)Oc2cccc(C3=CCN(Cc4nc5cc(-c6n[nH]c(C7CC7)n6)cnc5n4CC4CCO4)CC3)c2O1. The average Bonchev–Trinajstić information content (AvgIpc) is 3.51. The van der Waals surface area contributed by atoms with Crippen molar-refractivity contribution in [2.45, 2.75) is 63.5 Å². The number of pyridine rings is 2. The van der Waals surface area contributed by atoms with Crippen molar-refractivity contribution in [1.29, 1.82) is 0 Å². The number of benzene rings is 1. The van der Waals surface area contributed by atoms with Gasteiger partial charge in [-0.25, -0.2) is 15.0 Å². The molecule has 12 heteroatoms. The quantitative estimate of drug-likeness (QED) is 0.223. The standard InChI is InChI=1S/C34H33ClN8O3/c1-34(28-8-7-23(35)17-36-28)45-27-4-2-3-25(30(27)46-34)20-9-12-42(13-10-20)19-29-38-26-15-22(32-39-31(40-41-32)21-5-6-21)16-37-33(26)43(29)18-24-11-14-44-24/h2-4,7-9,15-17,21,24H,5-6,10-14,18-19H2,1H3,(H,39,40,41). The minimum atomic E-state index is -1.02. The Bertz CT molecular complexity index is 1980. The molecule has 0 amide bonds. The van der Waals surface area contributed by atoms with Crippen molar-refractivity contribution in [3.05, 3.63) is 82.8 Å². The number of nitrogens with zero attached hydrogens (tertiary/aromatic N) is 7. The number of aromatic amines is 1. The number of hydrogen-bond acceptors (Lipinski definition) is 9. The molecule has 1 aliphatic carbocycles. The van der Waals surface area contributed by atoms with Crippen LogP contribution in [0, 0.1) is 0 Å². The van der Waals surface area contributed by atoms with Gasteiger partial charge in [0, 0.05) is 56.1 Å². The monoisotopic (exact) mass is 636 g/mol. The molecule has 46 heavy (non-hydrogen) atoms. The van der Waals surface area contributed by atoms with Crippen LogP contribution in [-0.4, -0.2) is 65.4 Å². The molecular weight excluding hydrogens is 604 g/mol. The van der Waals surface area contributed by atoms with Crippen LogP contribution >= 0.6 is 11.6 Å². The van der Waals surface area contributed by atoms with Gasteiger partial charge in [-0.2, -0.15) is 5.10 Å². The van der Waals surface area contributed by atoms with E-state index in [1.165, 1.54) is 18.4 Å². The number of H-pyrrole nitrogens is 1. The first-order valence-electron chi connectivity index (χ1n) is 15.9. The van der Waals surface area contributed by atoms with Gasteiger partial charge in [0.15, 0.2) is 23.0 Å². The second kappa shape index (κ2) is 10.9. The summed E-state index contributed by atoms with van der Waals surface area (Å²) in [7, 11) is 0. The van der Waals surface area contributed by atoms with Gasteiger partial charge in [-0.1, -0.05) is 29.8 Å². The lowest BCUT2D eigenvalue weighted by Gasteiger charge is -2.29. The van der Waals surface area contributed by atoms with Gasteiger partial charge >= 0.3 is 0 Å². The van der Waals surface area contributed by atoms with Gasteiger partial charge in [0.05, 0.1) is 24.2 Å². The topological polar surface area (TPSA) is 116 Å². The molecule has 7 heterocycles. The number of ether oxygens (including phenoxy) is 3. The maximum absolute atomic E-state index is 6.46. The fourth-order valence-corrected chi connectivity index (χ4v) is 6.61. The molecule has 3 aliphatic heterocycles. The Morgan fingerprint density at radius 3 is 2.74 bits per heavy atom. The molecule has 2 atom stereocenters. The third kappa shape index (κ3) is 5.03. The van der Waals surface area contributed by atoms with Crippen LogP contribution in [0.1, 0.15) is 61.4 Å². The molecule has 4 aliphatic rings. The van der Waals surface area contributed by atoms with Crippen molar-refractivity contribution in [1.82, 2.24) is 39.6 Å². The van der Waals surface area contributed by atoms with Gasteiger partial charge in [-0.3, -0.25) is 15.0 Å². The van der Waals surface area contributed by atoms with E-state index in [0.717, 1.165) is 78.8 Å². The smallest absolute Gasteiger partial charge is 0.292 e. The molecular formula is C34H33ClN8O3. The summed E-state index contributed by atoms with van der Waals surface area (Å²) in [5.41, 5.74) is 5.57. The van der Waals surface area contributed by atoms with Crippen LogP contribution in [0.25, 0.3) is 28.1 Å². The van der Waals surface area contributed by atoms with Crippen LogP contribution in [0.2, 0.25) is 5.02 Å². The number of hydrogen-bond donors (Lipinski definition) is 1. The minimum absolute atomic E-state index is 0.191. The molecule has 0 bridgehead atoms. The maximum atomic E-state index is 6.46. The van der Waals surface area contributed by atoms with Gasteiger partial charge < -0.3 is 18.8 Å². The first-order chi connectivity index (χ1) is 22.5. The van der Waals surface area contributed by atoms with Crippen molar-refractivity contribution in [3.63, 3.8) is 0 Å². The van der Waals surface area contributed by atoms with Crippen LogP contribution in [0.4, 0.5) is 0 Å². The highest BCUT2D eigenvalue weighted by Gasteiger charge is 2.41. The van der Waals surface area contributed by atoms with E-state index in [9.17, 15) is 0 Å². The molecule has 2 fully saturated rings. The summed E-state index contributed by atoms with van der Waals surface area (Å²) in [5, 5.41) is 8.13. The van der Waals surface area contributed by atoms with E-state index < -0.39 is 5.79 Å². The van der Waals surface area contributed by atoms with Crippen molar-refractivity contribution in [2.24, 2.45) is 0 Å². The first-order valence-corrected chi connectivity index (χ1v) is 16.3. The van der Waals surface area contributed by atoms with Gasteiger partial charge in [0.1, 0.15) is 22.9 Å². The van der Waals surface area contributed by atoms with Crippen molar-refractivity contribution >= 4 is 28.3 Å². The molecule has 234 valence electrons. The highest BCUT2D eigenvalue weighted by Crippen LogP contribution is 2.48. The molecule has 1 aromatic carbocycles. The fraction of sp³-hybridized carbons (Fsp3) is 0.382. The second-order valence-electron chi connectivity index (χ2n) is 12.7. The van der Waals surface area contributed by atoms with E-state index in [1.54, 1.807) is 12.3 Å². The minimum Gasteiger partial charge on any atom is -0.443 e. The lowest BCUT2D eigenvalue weighted by molar-refractivity contribution is -0.0718. The molecule has 1 saturated carbocycles. The lowest BCUT2D eigenvalue weighted by atomic mass is 9.98. The Morgan fingerprint density at radius 2 is 1.98 bits per heavy atom. The molecule has 0 spiro atoms. The van der Waals surface area contributed by atoms with Gasteiger partial charge in [0.2, 0.25) is 0 Å². The van der Waals surface area contributed by atoms with Crippen molar-refractivity contribution < 1.29 is 14.2 Å². The maximum Gasteiger partial charge on any atom is 0.292 e. The Labute approximate surface area is 270 Å². The molecule has 1 N–H and O–H groups in total. The summed E-state index contributed by atoms with van der Waals surface area (Å²) < 4.78 is 20.8. The van der Waals surface area contributed by atoms with Crippen LogP contribution in [0.15, 0.2) is 54.9 Å². The van der Waals surface area contributed by atoms with Crippen LogP contribution in [-0.2, 0) is 23.6 Å². The van der Waals surface area contributed by atoms with Gasteiger partial charge in [0.25, 0.3) is 5.79 Å². The Kier molecular flexibility index (Phi) is 6.62. The van der Waals surface area contributed by atoms with E-state index in [0.29, 0.717) is 34.8 Å². The average molecular weight is 637 g/mol. The number of rotatable bonds is 8. The van der Waals surface area contributed by atoms with E-state index in [2.05, 4.69) is 42.9 Å². The number of imidazole rings is 1. The molecule has 11 nitrogen and oxygen atoms in total. The van der Waals surface area contributed by atoms with Crippen molar-refractivity contribution in [3.8, 4) is 22.9 Å². The highest BCUT2D eigenvalue weighted by atomic mass is 35.5. The Morgan fingerprint density at radius 1 is 1.07 bits per heavy atom. The van der Waals surface area contributed by atoms with E-state index in [4.69, 9.17) is 40.8 Å². The number of fused-ring (bicyclic) bond motifs is 2. The number of nitrogens with one attached hydrogen (secondary N) is 1. The molecule has 0 radical (unpaired) electrons. The van der Waals surface area contributed by atoms with E-state index >= 15 is 0 Å². The van der Waals surface area contributed by atoms with Crippen molar-refractivity contribution in [2.75, 3.05) is 19.7 Å². The summed E-state index contributed by atoms with van der Waals surface area (Å²) in [4.78, 5) is 21.6. The summed E-state index contributed by atoms with van der Waals surface area (Å²) in [6, 6.07) is 11.8. The van der Waals surface area contributed by atoms with E-state index in [1.807, 2.05) is 31.3 Å². The predicted molar refractivity (Wildman–Crippen MR) is 171 cm³/mol. The van der Waals surface area contributed by atoms with Crippen LogP contribution in [0.3, 0.4) is 0 Å².